The van der Waals surface area contributed by atoms with Crippen molar-refractivity contribution in [1.82, 2.24) is 0 Å². The number of hydrogen-bond donors (Lipinski definition) is 1. The number of hydrogen-bond acceptors (Lipinski definition) is 4. The number of rotatable bonds is 2. The van der Waals surface area contributed by atoms with Gasteiger partial charge in [-0.05, 0) is 12.1 Å². The molecule has 1 aliphatic carbocycles. The molecule has 0 fully saturated rings. The standard InChI is InChI=1S/C11H9F5O4S/c1-20-6-2-3-7(21(18,19)11(14,15)16)8-5(6)4-10(12,13)9(8)17/h2-3,9,17H,4H2,1H3. The molecule has 10 heteroatoms. The molecule has 0 aromatic heterocycles. The van der Waals surface area contributed by atoms with E-state index in [0.29, 0.717) is 6.07 Å². The van der Waals surface area contributed by atoms with Crippen LogP contribution in [-0.4, -0.2) is 32.1 Å². The van der Waals surface area contributed by atoms with E-state index < -0.39 is 49.8 Å². The zero-order chi connectivity index (χ0) is 16.2. The maximum atomic E-state index is 13.5. The summed E-state index contributed by atoms with van der Waals surface area (Å²) >= 11 is 0. The summed E-state index contributed by atoms with van der Waals surface area (Å²) in [5.74, 6) is -3.98. The fraction of sp³-hybridized carbons (Fsp3) is 0.455. The summed E-state index contributed by atoms with van der Waals surface area (Å²) in [5, 5.41) is 9.50. The Balaban J connectivity index is 2.78. The van der Waals surface area contributed by atoms with Gasteiger partial charge in [0.25, 0.3) is 15.8 Å². The molecule has 0 bridgehead atoms. The number of methoxy groups -OCH3 is 1. The average Bonchev–Trinajstić information content (AvgIpc) is 2.58. The van der Waals surface area contributed by atoms with Crippen molar-refractivity contribution in [3.63, 3.8) is 0 Å². The van der Waals surface area contributed by atoms with Gasteiger partial charge in [0.1, 0.15) is 11.9 Å². The van der Waals surface area contributed by atoms with Crippen molar-refractivity contribution in [1.29, 1.82) is 0 Å². The Morgan fingerprint density at radius 2 is 1.90 bits per heavy atom. The Bertz CT molecular complexity index is 681. The Morgan fingerprint density at radius 1 is 1.33 bits per heavy atom. The van der Waals surface area contributed by atoms with Crippen molar-refractivity contribution in [2.24, 2.45) is 0 Å². The summed E-state index contributed by atoms with van der Waals surface area (Å²) < 4.78 is 92.5. The molecule has 1 unspecified atom stereocenters. The van der Waals surface area contributed by atoms with E-state index in [9.17, 15) is 35.5 Å². The first-order chi connectivity index (χ1) is 9.43. The van der Waals surface area contributed by atoms with Crippen LogP contribution in [0.25, 0.3) is 0 Å². The van der Waals surface area contributed by atoms with Crippen LogP contribution in [0.15, 0.2) is 17.0 Å². The SMILES string of the molecule is COc1ccc(S(=O)(=O)C(F)(F)F)c2c1CC(F)(F)C2O. The Morgan fingerprint density at radius 3 is 2.38 bits per heavy atom. The van der Waals surface area contributed by atoms with Crippen LogP contribution in [0.4, 0.5) is 22.0 Å². The minimum Gasteiger partial charge on any atom is -0.496 e. The van der Waals surface area contributed by atoms with Gasteiger partial charge in [-0.3, -0.25) is 0 Å². The molecular formula is C11H9F5O4S. The molecule has 118 valence electrons. The van der Waals surface area contributed by atoms with Crippen LogP contribution in [0.2, 0.25) is 0 Å². The lowest BCUT2D eigenvalue weighted by Gasteiger charge is -2.17. The van der Waals surface area contributed by atoms with E-state index in [1.165, 1.54) is 0 Å². The number of halogens is 5. The Kier molecular flexibility index (Phi) is 3.45. The smallest absolute Gasteiger partial charge is 0.496 e. The maximum absolute atomic E-state index is 13.5. The van der Waals surface area contributed by atoms with Gasteiger partial charge >= 0.3 is 5.51 Å². The first-order valence-electron chi connectivity index (χ1n) is 5.50. The topological polar surface area (TPSA) is 63.6 Å². The van der Waals surface area contributed by atoms with Gasteiger partial charge in [-0.25, -0.2) is 17.2 Å². The normalized spacial score (nSPS) is 21.2. The number of fused-ring (bicyclic) bond motifs is 1. The molecule has 0 amide bonds. The highest BCUT2D eigenvalue weighted by molar-refractivity contribution is 7.92. The first kappa shape index (κ1) is 16.0. The van der Waals surface area contributed by atoms with E-state index in [0.717, 1.165) is 13.2 Å². The molecule has 1 atom stereocenters. The summed E-state index contributed by atoms with van der Waals surface area (Å²) in [7, 11) is -4.77. The second kappa shape index (κ2) is 4.54. The van der Waals surface area contributed by atoms with Gasteiger partial charge in [0.15, 0.2) is 0 Å². The summed E-state index contributed by atoms with van der Waals surface area (Å²) in [6, 6.07) is 1.36. The number of aliphatic hydroxyl groups excluding tert-OH is 1. The maximum Gasteiger partial charge on any atom is 0.501 e. The zero-order valence-electron chi connectivity index (χ0n) is 10.4. The van der Waals surface area contributed by atoms with Gasteiger partial charge in [0.05, 0.1) is 12.0 Å². The van der Waals surface area contributed by atoms with Crippen LogP contribution in [-0.2, 0) is 16.3 Å². The van der Waals surface area contributed by atoms with E-state index in [-0.39, 0.29) is 5.75 Å². The quantitative estimate of drug-likeness (QED) is 0.844. The van der Waals surface area contributed by atoms with E-state index in [1.54, 1.807) is 0 Å². The largest absolute Gasteiger partial charge is 0.501 e. The van der Waals surface area contributed by atoms with Gasteiger partial charge in [0, 0.05) is 17.5 Å². The molecule has 0 heterocycles. The van der Waals surface area contributed by atoms with Crippen LogP contribution < -0.4 is 4.74 Å². The first-order valence-corrected chi connectivity index (χ1v) is 6.99. The Hall–Kier alpha value is -1.42. The van der Waals surface area contributed by atoms with E-state index in [4.69, 9.17) is 4.74 Å². The lowest BCUT2D eigenvalue weighted by molar-refractivity contribution is -0.0978. The molecule has 0 saturated heterocycles. The monoisotopic (exact) mass is 332 g/mol. The summed E-state index contributed by atoms with van der Waals surface area (Å²) in [6.45, 7) is 0. The predicted octanol–water partition coefficient (Wildman–Crippen LogP) is 2.21. The van der Waals surface area contributed by atoms with E-state index in [2.05, 4.69) is 0 Å². The van der Waals surface area contributed by atoms with Crippen LogP contribution >= 0.6 is 0 Å². The van der Waals surface area contributed by atoms with Crippen molar-refractivity contribution >= 4 is 9.84 Å². The molecule has 1 aromatic carbocycles. The molecule has 1 aromatic rings. The minimum atomic E-state index is -5.86. The van der Waals surface area contributed by atoms with Crippen LogP contribution in [0, 0.1) is 0 Å². The number of ether oxygens (including phenoxy) is 1. The molecule has 1 N–H and O–H groups in total. The van der Waals surface area contributed by atoms with Gasteiger partial charge < -0.3 is 9.84 Å². The molecule has 1 aliphatic rings. The molecule has 2 rings (SSSR count). The number of sulfone groups is 1. The molecule has 0 radical (unpaired) electrons. The Labute approximate surface area is 116 Å². The highest BCUT2D eigenvalue weighted by Gasteiger charge is 2.55. The molecule has 21 heavy (non-hydrogen) atoms. The van der Waals surface area contributed by atoms with E-state index >= 15 is 0 Å². The molecular weight excluding hydrogens is 323 g/mol. The van der Waals surface area contributed by atoms with Gasteiger partial charge in [-0.15, -0.1) is 0 Å². The fourth-order valence-corrected chi connectivity index (χ4v) is 3.22. The predicted molar refractivity (Wildman–Crippen MR) is 59.8 cm³/mol. The van der Waals surface area contributed by atoms with Gasteiger partial charge in [-0.2, -0.15) is 13.2 Å². The molecule has 0 saturated carbocycles. The highest BCUT2D eigenvalue weighted by Crippen LogP contribution is 2.50. The number of alkyl halides is 5. The molecule has 4 nitrogen and oxygen atoms in total. The lowest BCUT2D eigenvalue weighted by atomic mass is 10.1. The van der Waals surface area contributed by atoms with Crippen molar-refractivity contribution in [3.05, 3.63) is 23.3 Å². The fourth-order valence-electron chi connectivity index (χ4n) is 2.20. The van der Waals surface area contributed by atoms with Crippen molar-refractivity contribution in [2.75, 3.05) is 7.11 Å². The zero-order valence-corrected chi connectivity index (χ0v) is 11.2. The molecule has 0 aliphatic heterocycles. The highest BCUT2D eigenvalue weighted by atomic mass is 32.2. The van der Waals surface area contributed by atoms with E-state index in [1.807, 2.05) is 0 Å². The second-order valence-corrected chi connectivity index (χ2v) is 6.36. The van der Waals surface area contributed by atoms with Gasteiger partial charge in [0.2, 0.25) is 0 Å². The third-order valence-corrected chi connectivity index (χ3v) is 4.72. The van der Waals surface area contributed by atoms with Crippen LogP contribution in [0.3, 0.4) is 0 Å². The summed E-state index contributed by atoms with van der Waals surface area (Å²) in [4.78, 5) is -1.38. The van der Waals surface area contributed by atoms with Gasteiger partial charge in [-0.1, -0.05) is 0 Å². The number of benzene rings is 1. The van der Waals surface area contributed by atoms with Crippen LogP contribution in [0.5, 0.6) is 5.75 Å². The summed E-state index contributed by atoms with van der Waals surface area (Å²) in [5.41, 5.74) is -7.07. The van der Waals surface area contributed by atoms with Crippen molar-refractivity contribution < 1.29 is 40.2 Å². The molecule has 0 spiro atoms. The summed E-state index contributed by atoms with van der Waals surface area (Å²) in [6.07, 6.45) is -3.75. The minimum absolute atomic E-state index is 0.206. The van der Waals surface area contributed by atoms with Crippen molar-refractivity contribution in [3.8, 4) is 5.75 Å². The third kappa shape index (κ3) is 2.26. The lowest BCUT2D eigenvalue weighted by Crippen LogP contribution is -2.26. The number of aliphatic hydroxyl groups is 1. The second-order valence-electron chi connectivity index (χ2n) is 4.45. The van der Waals surface area contributed by atoms with Crippen molar-refractivity contribution in [2.45, 2.75) is 28.9 Å². The van der Waals surface area contributed by atoms with Crippen LogP contribution in [0.1, 0.15) is 17.2 Å². The third-order valence-electron chi connectivity index (χ3n) is 3.17. The average molecular weight is 332 g/mol.